The van der Waals surface area contributed by atoms with Crippen LogP contribution in [0, 0.1) is 0 Å². The van der Waals surface area contributed by atoms with Crippen molar-refractivity contribution in [2.24, 2.45) is 5.73 Å². The van der Waals surface area contributed by atoms with E-state index in [0.29, 0.717) is 6.54 Å². The third kappa shape index (κ3) is 9.18. The first-order valence-electron chi connectivity index (χ1n) is 5.34. The average molecular weight is 334 g/mol. The van der Waals surface area contributed by atoms with Gasteiger partial charge in [-0.2, -0.15) is 12.6 Å². The van der Waals surface area contributed by atoms with Crippen molar-refractivity contribution >= 4 is 46.6 Å². The number of rotatable bonds is 4. The molecular formula is C12H16ClN3S3. The highest BCUT2D eigenvalue weighted by atomic mass is 35.5. The molecule has 3 nitrogen and oxygen atoms in total. The highest BCUT2D eigenvalue weighted by molar-refractivity contribution is 8.76. The fraction of sp³-hybridized carbons (Fsp3) is 0.167. The molecule has 2 aromatic heterocycles. The Kier molecular flexibility index (Phi) is 12.4. The van der Waals surface area contributed by atoms with Crippen LogP contribution in [0.25, 0.3) is 0 Å². The van der Waals surface area contributed by atoms with E-state index in [-0.39, 0.29) is 12.4 Å². The number of halogens is 1. The highest BCUT2D eigenvalue weighted by Crippen LogP contribution is 2.34. The zero-order chi connectivity index (χ0) is 13.1. The number of thiol groups is 1. The first-order valence-corrected chi connectivity index (χ1v) is 8.12. The van der Waals surface area contributed by atoms with Gasteiger partial charge in [-0.3, -0.25) is 0 Å². The van der Waals surface area contributed by atoms with Gasteiger partial charge in [-0.05, 0) is 45.9 Å². The molecule has 0 aromatic carbocycles. The van der Waals surface area contributed by atoms with Crippen LogP contribution in [-0.2, 0) is 0 Å². The Bertz CT molecular complexity index is 376. The highest BCUT2D eigenvalue weighted by Gasteiger charge is 1.97. The SMILES string of the molecule is Cl.NCCS.c1ccc(SSc2ccccn2)nc1. The molecule has 2 rings (SSSR count). The molecule has 0 aliphatic carbocycles. The molecule has 0 aliphatic rings. The maximum Gasteiger partial charge on any atom is 0.107 e. The fourth-order valence-corrected chi connectivity index (χ4v) is 2.63. The summed E-state index contributed by atoms with van der Waals surface area (Å²) in [6.07, 6.45) is 3.59. The van der Waals surface area contributed by atoms with Gasteiger partial charge in [0.1, 0.15) is 10.1 Å². The number of nitrogens with two attached hydrogens (primary N) is 1. The third-order valence-electron chi connectivity index (χ3n) is 1.62. The molecule has 0 unspecified atom stereocenters. The maximum absolute atomic E-state index is 4.95. The van der Waals surface area contributed by atoms with Gasteiger partial charge in [-0.1, -0.05) is 12.1 Å². The Morgan fingerprint density at radius 3 is 1.63 bits per heavy atom. The largest absolute Gasteiger partial charge is 0.330 e. The van der Waals surface area contributed by atoms with Gasteiger partial charge in [0.05, 0.1) is 0 Å². The number of aromatic nitrogens is 2. The molecule has 2 aromatic rings. The summed E-state index contributed by atoms with van der Waals surface area (Å²) in [5.74, 6) is 0.792. The Morgan fingerprint density at radius 2 is 1.37 bits per heavy atom. The molecule has 0 atom stereocenters. The Hall–Kier alpha value is -0.400. The molecule has 19 heavy (non-hydrogen) atoms. The Morgan fingerprint density at radius 1 is 0.947 bits per heavy atom. The van der Waals surface area contributed by atoms with Crippen molar-refractivity contribution in [2.45, 2.75) is 10.1 Å². The minimum Gasteiger partial charge on any atom is -0.330 e. The van der Waals surface area contributed by atoms with E-state index in [1.807, 2.05) is 36.4 Å². The summed E-state index contributed by atoms with van der Waals surface area (Å²) in [4.78, 5) is 8.42. The molecule has 7 heteroatoms. The molecular weight excluding hydrogens is 318 g/mol. The van der Waals surface area contributed by atoms with E-state index >= 15 is 0 Å². The number of nitrogens with zero attached hydrogens (tertiary/aromatic N) is 2. The summed E-state index contributed by atoms with van der Waals surface area (Å²) in [5.41, 5.74) is 4.95. The Labute approximate surface area is 133 Å². The van der Waals surface area contributed by atoms with Crippen LogP contribution in [-0.4, -0.2) is 22.3 Å². The second kappa shape index (κ2) is 12.6. The van der Waals surface area contributed by atoms with E-state index in [2.05, 4.69) is 22.6 Å². The van der Waals surface area contributed by atoms with Gasteiger partial charge in [-0.15, -0.1) is 12.4 Å². The zero-order valence-corrected chi connectivity index (χ0v) is 13.5. The van der Waals surface area contributed by atoms with E-state index in [1.165, 1.54) is 0 Å². The van der Waals surface area contributed by atoms with Crippen LogP contribution in [0.3, 0.4) is 0 Å². The smallest absolute Gasteiger partial charge is 0.107 e. The summed E-state index contributed by atoms with van der Waals surface area (Å²) in [7, 11) is 3.23. The molecule has 0 fully saturated rings. The van der Waals surface area contributed by atoms with Crippen molar-refractivity contribution in [3.05, 3.63) is 48.8 Å². The summed E-state index contributed by atoms with van der Waals surface area (Å²) in [6.45, 7) is 0.684. The molecule has 0 radical (unpaired) electrons. The predicted octanol–water partition coefficient (Wildman–Crippen LogP) is 3.57. The number of pyridine rings is 2. The summed E-state index contributed by atoms with van der Waals surface area (Å²) in [5, 5.41) is 2.01. The van der Waals surface area contributed by atoms with Gasteiger partial charge in [0.15, 0.2) is 0 Å². The standard InChI is InChI=1S/C10H8N2S2.C2H7NS.ClH/c1-3-7-11-9(5-1)13-14-10-6-2-4-8-12-10;3-1-2-4;/h1-8H;4H,1-3H2;1H. The number of hydrogen-bond acceptors (Lipinski definition) is 6. The lowest BCUT2D eigenvalue weighted by Crippen LogP contribution is -1.97. The quantitative estimate of drug-likeness (QED) is 0.661. The van der Waals surface area contributed by atoms with Crippen molar-refractivity contribution in [3.8, 4) is 0 Å². The van der Waals surface area contributed by atoms with Gasteiger partial charge in [-0.25, -0.2) is 9.97 Å². The van der Waals surface area contributed by atoms with E-state index < -0.39 is 0 Å². The first-order chi connectivity index (χ1) is 8.86. The molecule has 104 valence electrons. The second-order valence-electron chi connectivity index (χ2n) is 3.01. The van der Waals surface area contributed by atoms with Crippen molar-refractivity contribution in [1.82, 2.24) is 9.97 Å². The van der Waals surface area contributed by atoms with Crippen LogP contribution in [0.1, 0.15) is 0 Å². The van der Waals surface area contributed by atoms with E-state index in [1.54, 1.807) is 34.0 Å². The molecule has 2 N–H and O–H groups in total. The summed E-state index contributed by atoms with van der Waals surface area (Å²) in [6, 6.07) is 11.8. The maximum atomic E-state index is 4.95. The Balaban J connectivity index is 0.000000576. The van der Waals surface area contributed by atoms with Gasteiger partial charge >= 0.3 is 0 Å². The van der Waals surface area contributed by atoms with Gasteiger partial charge in [0.25, 0.3) is 0 Å². The van der Waals surface area contributed by atoms with Crippen LogP contribution in [0.4, 0.5) is 0 Å². The predicted molar refractivity (Wildman–Crippen MR) is 90.3 cm³/mol. The van der Waals surface area contributed by atoms with Crippen LogP contribution in [0.5, 0.6) is 0 Å². The van der Waals surface area contributed by atoms with Crippen molar-refractivity contribution in [2.75, 3.05) is 12.3 Å². The minimum atomic E-state index is 0. The summed E-state index contributed by atoms with van der Waals surface area (Å²) < 4.78 is 0. The molecule has 0 saturated heterocycles. The number of hydrogen-bond donors (Lipinski definition) is 2. The van der Waals surface area contributed by atoms with Gasteiger partial charge < -0.3 is 5.73 Å². The van der Waals surface area contributed by atoms with Crippen LogP contribution >= 0.6 is 46.6 Å². The summed E-state index contributed by atoms with van der Waals surface area (Å²) >= 11 is 3.80. The van der Waals surface area contributed by atoms with Gasteiger partial charge in [0, 0.05) is 24.7 Å². The molecule has 0 saturated carbocycles. The lowest BCUT2D eigenvalue weighted by Gasteiger charge is -1.97. The first kappa shape index (κ1) is 18.6. The average Bonchev–Trinajstić information content (AvgIpc) is 2.47. The van der Waals surface area contributed by atoms with E-state index in [4.69, 9.17) is 5.73 Å². The lowest BCUT2D eigenvalue weighted by atomic mass is 10.5. The van der Waals surface area contributed by atoms with Crippen LogP contribution in [0.2, 0.25) is 0 Å². The lowest BCUT2D eigenvalue weighted by molar-refractivity contribution is 1.13. The van der Waals surface area contributed by atoms with E-state index in [9.17, 15) is 0 Å². The van der Waals surface area contributed by atoms with Gasteiger partial charge in [0.2, 0.25) is 0 Å². The normalized spacial score (nSPS) is 8.95. The molecule has 0 aliphatic heterocycles. The van der Waals surface area contributed by atoms with Crippen molar-refractivity contribution < 1.29 is 0 Å². The van der Waals surface area contributed by atoms with E-state index in [0.717, 1.165) is 15.8 Å². The monoisotopic (exact) mass is 333 g/mol. The minimum absolute atomic E-state index is 0. The molecule has 0 amide bonds. The topological polar surface area (TPSA) is 51.8 Å². The third-order valence-corrected chi connectivity index (χ3v) is 4.06. The second-order valence-corrected chi connectivity index (χ2v) is 5.63. The molecule has 0 spiro atoms. The van der Waals surface area contributed by atoms with Crippen molar-refractivity contribution in [3.63, 3.8) is 0 Å². The zero-order valence-electron chi connectivity index (χ0n) is 10.2. The molecule has 2 heterocycles. The molecule has 0 bridgehead atoms. The van der Waals surface area contributed by atoms with Crippen LogP contribution in [0.15, 0.2) is 58.8 Å². The van der Waals surface area contributed by atoms with Crippen molar-refractivity contribution in [1.29, 1.82) is 0 Å². The fourth-order valence-electron chi connectivity index (χ4n) is 0.878. The van der Waals surface area contributed by atoms with Crippen LogP contribution < -0.4 is 5.73 Å².